The number of anilines is 1. The fraction of sp³-hybridized carbons (Fsp3) is 0.292. The molecule has 2 aliphatic rings. The molecule has 0 atom stereocenters. The minimum Gasteiger partial charge on any atom is -0.481 e. The minimum absolute atomic E-state index is 0.0374. The zero-order chi connectivity index (χ0) is 25.4. The monoisotopic (exact) mass is 515 g/mol. The molecule has 1 fully saturated rings. The molecule has 0 aliphatic heterocycles. The number of fused-ring (bicyclic) bond motifs is 1. The summed E-state index contributed by atoms with van der Waals surface area (Å²) in [5, 5.41) is 6.36. The highest BCUT2D eigenvalue weighted by atomic mass is 32.2. The Bertz CT molecular complexity index is 1470. The number of rotatable bonds is 6. The first-order chi connectivity index (χ1) is 17.2. The largest absolute Gasteiger partial charge is 0.481 e. The molecular weight excluding hydrogens is 492 g/mol. The molecule has 2 aromatic heterocycles. The Hall–Kier alpha value is -3.80. The van der Waals surface area contributed by atoms with Crippen LogP contribution in [0, 0.1) is 0 Å². The number of nitrogens with zero attached hydrogens (tertiary/aromatic N) is 3. The van der Waals surface area contributed by atoms with Gasteiger partial charge >= 0.3 is 6.03 Å². The maximum Gasteiger partial charge on any atom is 0.333 e. The third-order valence-electron chi connectivity index (χ3n) is 6.47. The normalized spacial score (nSPS) is 16.8. The van der Waals surface area contributed by atoms with Crippen molar-refractivity contribution in [2.75, 3.05) is 12.4 Å². The van der Waals surface area contributed by atoms with Gasteiger partial charge in [0.1, 0.15) is 0 Å². The lowest BCUT2D eigenvalue weighted by molar-refractivity contribution is 0.256. The van der Waals surface area contributed by atoms with Crippen molar-refractivity contribution in [2.45, 2.75) is 43.2 Å². The molecule has 36 heavy (non-hydrogen) atoms. The maximum absolute atomic E-state index is 12.9. The van der Waals surface area contributed by atoms with Gasteiger partial charge in [-0.05, 0) is 66.5 Å². The molecule has 2 aliphatic carbocycles. The van der Waals surface area contributed by atoms with Gasteiger partial charge in [-0.2, -0.15) is 22.3 Å². The molecule has 0 bridgehead atoms. The van der Waals surface area contributed by atoms with Crippen LogP contribution in [0.15, 0.2) is 59.4 Å². The van der Waals surface area contributed by atoms with Gasteiger partial charge < -0.3 is 10.1 Å². The van der Waals surface area contributed by atoms with Crippen LogP contribution < -0.4 is 14.8 Å². The van der Waals surface area contributed by atoms with E-state index in [4.69, 9.17) is 4.74 Å². The third kappa shape index (κ3) is 4.55. The summed E-state index contributed by atoms with van der Waals surface area (Å²) in [5.41, 5.74) is 4.08. The van der Waals surface area contributed by atoms with Gasteiger partial charge in [0.05, 0.1) is 18.8 Å². The van der Waals surface area contributed by atoms with Crippen LogP contribution in [0.4, 0.5) is 19.3 Å². The zero-order valence-corrected chi connectivity index (χ0v) is 20.1. The SMILES string of the molecule is COc1cc(-c2ccc3c(c2NC(=O)NS(=O)(=O)c2ccn(C4CC(=C(F)F)C4)n2)CCC3)ccn1. The van der Waals surface area contributed by atoms with Crippen LogP contribution in [0.3, 0.4) is 0 Å². The predicted octanol–water partition coefficient (Wildman–Crippen LogP) is 4.44. The van der Waals surface area contributed by atoms with Crippen molar-refractivity contribution in [3.05, 3.63) is 65.5 Å². The molecule has 9 nitrogen and oxygen atoms in total. The topological polar surface area (TPSA) is 115 Å². The van der Waals surface area contributed by atoms with Gasteiger partial charge in [-0.3, -0.25) is 4.68 Å². The van der Waals surface area contributed by atoms with Gasteiger partial charge in [-0.1, -0.05) is 12.1 Å². The Balaban J connectivity index is 1.37. The van der Waals surface area contributed by atoms with Gasteiger partial charge in [0.15, 0.2) is 5.03 Å². The first-order valence-electron chi connectivity index (χ1n) is 11.3. The van der Waals surface area contributed by atoms with Crippen molar-refractivity contribution >= 4 is 21.7 Å². The molecule has 0 unspecified atom stereocenters. The number of aromatic nitrogens is 3. The number of halogens is 2. The molecular formula is C24H23F2N5O4S. The number of amides is 2. The van der Waals surface area contributed by atoms with Crippen LogP contribution >= 0.6 is 0 Å². The Kier molecular flexibility index (Phi) is 6.20. The maximum atomic E-state index is 12.9. The van der Waals surface area contributed by atoms with E-state index in [2.05, 4.69) is 15.4 Å². The van der Waals surface area contributed by atoms with E-state index in [-0.39, 0.29) is 29.5 Å². The van der Waals surface area contributed by atoms with Crippen LogP contribution in [-0.2, 0) is 22.9 Å². The first-order valence-corrected chi connectivity index (χ1v) is 12.8. The van der Waals surface area contributed by atoms with Crippen LogP contribution in [0.5, 0.6) is 5.88 Å². The number of aryl methyl sites for hydroxylation is 1. The van der Waals surface area contributed by atoms with Crippen molar-refractivity contribution in [1.29, 1.82) is 0 Å². The summed E-state index contributed by atoms with van der Waals surface area (Å²) >= 11 is 0. The summed E-state index contributed by atoms with van der Waals surface area (Å²) < 4.78 is 59.5. The number of nitrogens with one attached hydrogen (secondary N) is 2. The third-order valence-corrected chi connectivity index (χ3v) is 7.69. The van der Waals surface area contributed by atoms with E-state index in [1.165, 1.54) is 24.1 Å². The molecule has 0 saturated heterocycles. The van der Waals surface area contributed by atoms with Gasteiger partial charge in [0.25, 0.3) is 16.1 Å². The van der Waals surface area contributed by atoms with E-state index in [1.807, 2.05) is 16.9 Å². The fourth-order valence-electron chi connectivity index (χ4n) is 4.57. The van der Waals surface area contributed by atoms with Gasteiger partial charge in [0.2, 0.25) is 5.88 Å². The van der Waals surface area contributed by atoms with Gasteiger partial charge in [-0.25, -0.2) is 14.5 Å². The van der Waals surface area contributed by atoms with E-state index in [0.29, 0.717) is 17.1 Å². The number of sulfonamides is 1. The lowest BCUT2D eigenvalue weighted by Gasteiger charge is -2.28. The van der Waals surface area contributed by atoms with Crippen LogP contribution in [0.2, 0.25) is 0 Å². The molecule has 5 rings (SSSR count). The first kappa shape index (κ1) is 23.9. The minimum atomic E-state index is -4.29. The van der Waals surface area contributed by atoms with Crippen LogP contribution in [0.1, 0.15) is 36.4 Å². The number of urea groups is 1. The molecule has 2 N–H and O–H groups in total. The lowest BCUT2D eigenvalue weighted by Crippen LogP contribution is -2.35. The predicted molar refractivity (Wildman–Crippen MR) is 127 cm³/mol. The lowest BCUT2D eigenvalue weighted by atomic mass is 9.87. The Morgan fingerprint density at radius 1 is 1.17 bits per heavy atom. The highest BCUT2D eigenvalue weighted by Gasteiger charge is 2.31. The average Bonchev–Trinajstić information content (AvgIpc) is 3.48. The summed E-state index contributed by atoms with van der Waals surface area (Å²) in [6.45, 7) is 0. The molecule has 3 aromatic rings. The van der Waals surface area contributed by atoms with Crippen molar-refractivity contribution in [1.82, 2.24) is 19.5 Å². The van der Waals surface area contributed by atoms with Gasteiger partial charge in [0, 0.05) is 24.0 Å². The van der Waals surface area contributed by atoms with E-state index in [0.717, 1.165) is 36.0 Å². The molecule has 12 heteroatoms. The van der Waals surface area contributed by atoms with Crippen molar-refractivity contribution in [3.63, 3.8) is 0 Å². The molecule has 0 radical (unpaired) electrons. The highest BCUT2D eigenvalue weighted by Crippen LogP contribution is 2.40. The second-order valence-electron chi connectivity index (χ2n) is 8.69. The van der Waals surface area contributed by atoms with Crippen LogP contribution in [0.25, 0.3) is 11.1 Å². The number of benzene rings is 1. The van der Waals surface area contributed by atoms with E-state index < -0.39 is 22.1 Å². The molecule has 1 saturated carbocycles. The Morgan fingerprint density at radius 2 is 1.97 bits per heavy atom. The highest BCUT2D eigenvalue weighted by molar-refractivity contribution is 7.90. The Morgan fingerprint density at radius 3 is 2.72 bits per heavy atom. The summed E-state index contributed by atoms with van der Waals surface area (Å²) in [5.74, 6) is 0.407. The number of allylic oxidation sites excluding steroid dienone is 1. The zero-order valence-electron chi connectivity index (χ0n) is 19.3. The van der Waals surface area contributed by atoms with Gasteiger partial charge in [-0.15, -0.1) is 0 Å². The number of methoxy groups -OCH3 is 1. The number of carbonyl (C=O) groups is 1. The molecule has 2 heterocycles. The quantitative estimate of drug-likeness (QED) is 0.502. The number of ether oxygens (including phenoxy) is 1. The van der Waals surface area contributed by atoms with E-state index in [9.17, 15) is 22.0 Å². The molecule has 188 valence electrons. The van der Waals surface area contributed by atoms with Crippen molar-refractivity contribution < 1.29 is 26.7 Å². The molecule has 1 aromatic carbocycles. The van der Waals surface area contributed by atoms with Crippen molar-refractivity contribution in [2.24, 2.45) is 0 Å². The second kappa shape index (κ2) is 9.34. The summed E-state index contributed by atoms with van der Waals surface area (Å²) in [7, 11) is -2.79. The summed E-state index contributed by atoms with van der Waals surface area (Å²) in [6, 6.07) is 7.36. The van der Waals surface area contributed by atoms with Crippen molar-refractivity contribution in [3.8, 4) is 17.0 Å². The summed E-state index contributed by atoms with van der Waals surface area (Å²) in [4.78, 5) is 17.0. The molecule has 2 amide bonds. The van der Waals surface area contributed by atoms with Crippen LogP contribution in [-0.4, -0.2) is 36.3 Å². The standard InChI is InChI=1S/C24H23F2N5O4S/c1-35-20-13-15(7-9-27-20)19-6-5-14-3-2-4-18(14)22(19)28-24(32)30-36(33,34)21-8-10-31(29-21)17-11-16(12-17)23(25)26/h5-10,13,17H,2-4,11-12H2,1H3,(H2,28,30,32). The number of hydrogen-bond acceptors (Lipinski definition) is 6. The smallest absolute Gasteiger partial charge is 0.333 e. The number of carbonyl (C=O) groups excluding carboxylic acids is 1. The molecule has 0 spiro atoms. The van der Waals surface area contributed by atoms with E-state index >= 15 is 0 Å². The second-order valence-corrected chi connectivity index (χ2v) is 10.3. The Labute approximate surface area is 206 Å². The average molecular weight is 516 g/mol. The number of pyridine rings is 1. The fourth-order valence-corrected chi connectivity index (χ4v) is 5.41. The number of hydrogen-bond donors (Lipinski definition) is 2. The van der Waals surface area contributed by atoms with E-state index in [1.54, 1.807) is 18.3 Å². The summed E-state index contributed by atoms with van der Waals surface area (Å²) in [6.07, 6.45) is 4.05.